The molecule has 1 amide bonds. The number of H-pyrrole nitrogens is 1. The van der Waals surface area contributed by atoms with Crippen LogP contribution in [0, 0.1) is 0 Å². The van der Waals surface area contributed by atoms with Gasteiger partial charge in [0.25, 0.3) is 0 Å². The number of hydrogen-bond donors (Lipinski definition) is 3. The van der Waals surface area contributed by atoms with Gasteiger partial charge in [0, 0.05) is 44.3 Å². The lowest BCUT2D eigenvalue weighted by Crippen LogP contribution is -2.24. The summed E-state index contributed by atoms with van der Waals surface area (Å²) < 4.78 is 0. The van der Waals surface area contributed by atoms with Gasteiger partial charge in [-0.15, -0.1) is 0 Å². The fourth-order valence-electron chi connectivity index (χ4n) is 1.71. The topological polar surface area (TPSA) is 69.8 Å². The number of pyridine rings is 1. The van der Waals surface area contributed by atoms with E-state index in [1.165, 1.54) is 5.56 Å². The Bertz CT molecular complexity index is 506. The third-order valence-corrected chi connectivity index (χ3v) is 2.66. The quantitative estimate of drug-likeness (QED) is 0.667. The molecule has 5 nitrogen and oxygen atoms in total. The van der Waals surface area contributed by atoms with Gasteiger partial charge in [-0.1, -0.05) is 0 Å². The van der Waals surface area contributed by atoms with Crippen LogP contribution >= 0.6 is 0 Å². The fourth-order valence-corrected chi connectivity index (χ4v) is 1.71. The fraction of sp³-hybridized carbons (Fsp3) is 0.333. The molecule has 2 rings (SSSR count). The van der Waals surface area contributed by atoms with Gasteiger partial charge in [-0.2, -0.15) is 0 Å². The van der Waals surface area contributed by atoms with Gasteiger partial charge in [-0.3, -0.25) is 4.79 Å². The summed E-state index contributed by atoms with van der Waals surface area (Å²) in [7, 11) is 1.65. The van der Waals surface area contributed by atoms with Gasteiger partial charge >= 0.3 is 0 Å². The number of carbonyl (C=O) groups excluding carboxylic acids is 1. The van der Waals surface area contributed by atoms with E-state index in [2.05, 4.69) is 20.6 Å². The standard InChI is InChI=1S/C12H16N4O/c1-13-11(17)4-6-14-7-9-8-16-12-10(9)3-2-5-15-12/h2-3,5,8,14H,4,6-7H2,1H3,(H,13,17)(H,15,16). The minimum atomic E-state index is 0.0538. The molecule has 5 heteroatoms. The molecule has 0 bridgehead atoms. The number of carbonyl (C=O) groups is 1. The van der Waals surface area contributed by atoms with Gasteiger partial charge in [0.05, 0.1) is 0 Å². The molecule has 0 aliphatic rings. The van der Waals surface area contributed by atoms with E-state index in [9.17, 15) is 4.79 Å². The molecule has 90 valence electrons. The summed E-state index contributed by atoms with van der Waals surface area (Å²) in [6.45, 7) is 1.41. The molecule has 0 fully saturated rings. The summed E-state index contributed by atoms with van der Waals surface area (Å²) in [5.41, 5.74) is 2.07. The zero-order valence-electron chi connectivity index (χ0n) is 9.79. The van der Waals surface area contributed by atoms with Gasteiger partial charge in [-0.25, -0.2) is 4.98 Å². The molecule has 0 spiro atoms. The Morgan fingerprint density at radius 2 is 2.41 bits per heavy atom. The van der Waals surface area contributed by atoms with Crippen LogP contribution in [0.3, 0.4) is 0 Å². The predicted molar refractivity (Wildman–Crippen MR) is 66.5 cm³/mol. The molecular weight excluding hydrogens is 216 g/mol. The van der Waals surface area contributed by atoms with Crippen molar-refractivity contribution in [3.8, 4) is 0 Å². The number of amides is 1. The molecule has 0 aliphatic heterocycles. The van der Waals surface area contributed by atoms with Gasteiger partial charge in [0.2, 0.25) is 5.91 Å². The molecule has 0 aliphatic carbocycles. The van der Waals surface area contributed by atoms with Crippen LogP contribution in [0.5, 0.6) is 0 Å². The number of aromatic nitrogens is 2. The third-order valence-electron chi connectivity index (χ3n) is 2.66. The highest BCUT2D eigenvalue weighted by molar-refractivity contribution is 5.79. The monoisotopic (exact) mass is 232 g/mol. The first-order chi connectivity index (χ1) is 8.31. The predicted octanol–water partition coefficient (Wildman–Crippen LogP) is 0.789. The van der Waals surface area contributed by atoms with Crippen LogP contribution in [0.15, 0.2) is 24.5 Å². The van der Waals surface area contributed by atoms with Crippen molar-refractivity contribution in [1.82, 2.24) is 20.6 Å². The molecule has 0 aromatic carbocycles. The van der Waals surface area contributed by atoms with E-state index in [4.69, 9.17) is 0 Å². The van der Waals surface area contributed by atoms with E-state index in [0.29, 0.717) is 13.0 Å². The zero-order valence-corrected chi connectivity index (χ0v) is 9.79. The molecule has 0 unspecified atom stereocenters. The van der Waals surface area contributed by atoms with Crippen LogP contribution in [-0.4, -0.2) is 29.5 Å². The van der Waals surface area contributed by atoms with Crippen LogP contribution in [0.25, 0.3) is 11.0 Å². The summed E-state index contributed by atoms with van der Waals surface area (Å²) in [5.74, 6) is 0.0538. The van der Waals surface area contributed by atoms with Crippen molar-refractivity contribution in [1.29, 1.82) is 0 Å². The molecule has 2 aromatic heterocycles. The first-order valence-corrected chi connectivity index (χ1v) is 5.63. The molecule has 0 saturated carbocycles. The van der Waals surface area contributed by atoms with Crippen molar-refractivity contribution >= 4 is 16.9 Å². The third kappa shape index (κ3) is 2.82. The first kappa shape index (κ1) is 11.6. The lowest BCUT2D eigenvalue weighted by Gasteiger charge is -2.03. The van der Waals surface area contributed by atoms with Crippen molar-refractivity contribution in [2.75, 3.05) is 13.6 Å². The minimum absolute atomic E-state index is 0.0538. The normalized spacial score (nSPS) is 10.6. The van der Waals surface area contributed by atoms with Crippen LogP contribution < -0.4 is 10.6 Å². The molecule has 0 radical (unpaired) electrons. The second-order valence-electron chi connectivity index (χ2n) is 3.81. The second-order valence-corrected chi connectivity index (χ2v) is 3.81. The number of fused-ring (bicyclic) bond motifs is 1. The first-order valence-electron chi connectivity index (χ1n) is 5.63. The number of rotatable bonds is 5. The molecule has 2 aromatic rings. The summed E-state index contributed by atoms with van der Waals surface area (Å²) in [4.78, 5) is 18.4. The maximum Gasteiger partial charge on any atom is 0.221 e. The Balaban J connectivity index is 1.89. The number of aromatic amines is 1. The average molecular weight is 232 g/mol. The summed E-state index contributed by atoms with van der Waals surface area (Å²) in [6, 6.07) is 3.96. The number of nitrogens with zero attached hydrogens (tertiary/aromatic N) is 1. The lowest BCUT2D eigenvalue weighted by molar-refractivity contribution is -0.120. The highest BCUT2D eigenvalue weighted by Crippen LogP contribution is 2.14. The zero-order chi connectivity index (χ0) is 12.1. The van der Waals surface area contributed by atoms with Crippen molar-refractivity contribution in [2.24, 2.45) is 0 Å². The Kier molecular flexibility index (Phi) is 3.72. The summed E-state index contributed by atoms with van der Waals surface area (Å²) >= 11 is 0. The van der Waals surface area contributed by atoms with Crippen LogP contribution in [0.1, 0.15) is 12.0 Å². The van der Waals surface area contributed by atoms with Crippen molar-refractivity contribution < 1.29 is 4.79 Å². The van der Waals surface area contributed by atoms with Crippen molar-refractivity contribution in [3.63, 3.8) is 0 Å². The smallest absolute Gasteiger partial charge is 0.221 e. The maximum absolute atomic E-state index is 11.0. The Morgan fingerprint density at radius 3 is 3.24 bits per heavy atom. The number of nitrogens with one attached hydrogen (secondary N) is 3. The minimum Gasteiger partial charge on any atom is -0.359 e. The van der Waals surface area contributed by atoms with Crippen molar-refractivity contribution in [2.45, 2.75) is 13.0 Å². The van der Waals surface area contributed by atoms with Gasteiger partial charge in [0.15, 0.2) is 0 Å². The van der Waals surface area contributed by atoms with E-state index in [1.807, 2.05) is 18.3 Å². The molecule has 0 atom stereocenters. The van der Waals surface area contributed by atoms with Gasteiger partial charge in [-0.05, 0) is 17.7 Å². The van der Waals surface area contributed by atoms with Crippen LogP contribution in [0.2, 0.25) is 0 Å². The second kappa shape index (κ2) is 5.45. The van der Waals surface area contributed by atoms with Crippen molar-refractivity contribution in [3.05, 3.63) is 30.1 Å². The Morgan fingerprint density at radius 1 is 1.53 bits per heavy atom. The van der Waals surface area contributed by atoms with Crippen LogP contribution in [0.4, 0.5) is 0 Å². The SMILES string of the molecule is CNC(=O)CCNCc1c[nH]c2ncccc12. The van der Waals surface area contributed by atoms with E-state index in [-0.39, 0.29) is 5.91 Å². The van der Waals surface area contributed by atoms with E-state index >= 15 is 0 Å². The largest absolute Gasteiger partial charge is 0.359 e. The van der Waals surface area contributed by atoms with Gasteiger partial charge < -0.3 is 15.6 Å². The molecular formula is C12H16N4O. The summed E-state index contributed by atoms with van der Waals surface area (Å²) in [6.07, 6.45) is 4.21. The highest BCUT2D eigenvalue weighted by atomic mass is 16.1. The molecule has 17 heavy (non-hydrogen) atoms. The Labute approximate surface area is 99.6 Å². The van der Waals surface area contributed by atoms with Crippen LogP contribution in [-0.2, 0) is 11.3 Å². The average Bonchev–Trinajstić information content (AvgIpc) is 2.78. The van der Waals surface area contributed by atoms with Gasteiger partial charge in [0.1, 0.15) is 5.65 Å². The Hall–Kier alpha value is -1.88. The van der Waals surface area contributed by atoms with E-state index in [1.54, 1.807) is 13.2 Å². The van der Waals surface area contributed by atoms with E-state index in [0.717, 1.165) is 17.6 Å². The highest BCUT2D eigenvalue weighted by Gasteiger charge is 2.03. The maximum atomic E-state index is 11.0. The summed E-state index contributed by atoms with van der Waals surface area (Å²) in [5, 5.41) is 6.95. The molecule has 3 N–H and O–H groups in total. The van der Waals surface area contributed by atoms with E-state index < -0.39 is 0 Å². The number of hydrogen-bond acceptors (Lipinski definition) is 3. The lowest BCUT2D eigenvalue weighted by atomic mass is 10.2. The molecule has 0 saturated heterocycles. The molecule has 2 heterocycles.